The van der Waals surface area contributed by atoms with Crippen LogP contribution in [-0.2, 0) is 6.54 Å². The summed E-state index contributed by atoms with van der Waals surface area (Å²) in [6.45, 7) is 2.21. The summed E-state index contributed by atoms with van der Waals surface area (Å²) in [4.78, 5) is 22.7. The van der Waals surface area contributed by atoms with Gasteiger partial charge in [0.1, 0.15) is 11.5 Å². The number of aromatic nitrogens is 4. The lowest BCUT2D eigenvalue weighted by Crippen LogP contribution is -2.24. The molecule has 0 radical (unpaired) electrons. The Morgan fingerprint density at radius 1 is 1.15 bits per heavy atom. The molecule has 8 nitrogen and oxygen atoms in total. The van der Waals surface area contributed by atoms with Crippen LogP contribution in [0.15, 0.2) is 48.7 Å². The zero-order chi connectivity index (χ0) is 22.9. The topological polar surface area (TPSA) is 91.2 Å². The SMILES string of the molecule is COc1ccc(CNC(=O)c2cc(C3CC3)nc3c2c(C)nn3-c2ccccn2)c(OC)c1. The maximum absolute atomic E-state index is 13.4. The molecule has 1 saturated carbocycles. The van der Waals surface area contributed by atoms with E-state index in [2.05, 4.69) is 15.4 Å². The van der Waals surface area contributed by atoms with Crippen molar-refractivity contribution in [2.24, 2.45) is 0 Å². The molecule has 0 bridgehead atoms. The number of nitrogens with one attached hydrogen (secondary N) is 1. The molecule has 1 aliphatic carbocycles. The third-order valence-corrected chi connectivity index (χ3v) is 5.87. The predicted octanol–water partition coefficient (Wildman–Crippen LogP) is 3.95. The van der Waals surface area contributed by atoms with Gasteiger partial charge in [-0.2, -0.15) is 9.78 Å². The van der Waals surface area contributed by atoms with Crippen molar-refractivity contribution in [3.63, 3.8) is 0 Å². The molecular formula is C25H25N5O3. The van der Waals surface area contributed by atoms with Gasteiger partial charge in [0.2, 0.25) is 0 Å². The Morgan fingerprint density at radius 3 is 2.70 bits per heavy atom. The van der Waals surface area contributed by atoms with Gasteiger partial charge in [-0.25, -0.2) is 9.97 Å². The van der Waals surface area contributed by atoms with E-state index in [-0.39, 0.29) is 5.91 Å². The van der Waals surface area contributed by atoms with Gasteiger partial charge in [-0.15, -0.1) is 0 Å². The van der Waals surface area contributed by atoms with Gasteiger partial charge in [0, 0.05) is 36.0 Å². The lowest BCUT2D eigenvalue weighted by Gasteiger charge is -2.12. The molecule has 0 aliphatic heterocycles. The molecule has 33 heavy (non-hydrogen) atoms. The first-order valence-corrected chi connectivity index (χ1v) is 10.9. The number of methoxy groups -OCH3 is 2. The molecule has 1 aliphatic rings. The number of carbonyl (C=O) groups excluding carboxylic acids is 1. The number of nitrogens with zero attached hydrogens (tertiary/aromatic N) is 4. The Hall–Kier alpha value is -3.94. The van der Waals surface area contributed by atoms with E-state index in [9.17, 15) is 4.79 Å². The van der Waals surface area contributed by atoms with Crippen molar-refractivity contribution < 1.29 is 14.3 Å². The van der Waals surface area contributed by atoms with Crippen molar-refractivity contribution >= 4 is 16.9 Å². The van der Waals surface area contributed by atoms with Crippen LogP contribution in [0.4, 0.5) is 0 Å². The van der Waals surface area contributed by atoms with Crippen molar-refractivity contribution in [3.8, 4) is 17.3 Å². The highest BCUT2D eigenvalue weighted by molar-refractivity contribution is 6.06. The Labute approximate surface area is 191 Å². The van der Waals surface area contributed by atoms with Crippen molar-refractivity contribution in [1.29, 1.82) is 0 Å². The van der Waals surface area contributed by atoms with Crippen LogP contribution in [-0.4, -0.2) is 39.9 Å². The number of ether oxygens (including phenoxy) is 2. The molecule has 4 aromatic rings. The van der Waals surface area contributed by atoms with E-state index in [0.29, 0.717) is 41.0 Å². The summed E-state index contributed by atoms with van der Waals surface area (Å²) in [6.07, 6.45) is 3.89. The molecule has 3 aromatic heterocycles. The number of amides is 1. The van der Waals surface area contributed by atoms with E-state index < -0.39 is 0 Å². The van der Waals surface area contributed by atoms with E-state index in [1.54, 1.807) is 31.2 Å². The maximum atomic E-state index is 13.4. The van der Waals surface area contributed by atoms with E-state index in [4.69, 9.17) is 14.5 Å². The Kier molecular flexibility index (Phi) is 5.42. The maximum Gasteiger partial charge on any atom is 0.252 e. The van der Waals surface area contributed by atoms with Gasteiger partial charge < -0.3 is 14.8 Å². The van der Waals surface area contributed by atoms with E-state index >= 15 is 0 Å². The highest BCUT2D eigenvalue weighted by Crippen LogP contribution is 2.40. The van der Waals surface area contributed by atoms with Crippen molar-refractivity contribution in [1.82, 2.24) is 25.1 Å². The van der Waals surface area contributed by atoms with Crippen LogP contribution >= 0.6 is 0 Å². The van der Waals surface area contributed by atoms with Crippen LogP contribution in [0.25, 0.3) is 16.9 Å². The normalized spacial score (nSPS) is 13.2. The van der Waals surface area contributed by atoms with Gasteiger partial charge in [-0.05, 0) is 50.1 Å². The second-order valence-electron chi connectivity index (χ2n) is 8.11. The van der Waals surface area contributed by atoms with Gasteiger partial charge in [-0.1, -0.05) is 6.07 Å². The number of carbonyl (C=O) groups is 1. The second-order valence-corrected chi connectivity index (χ2v) is 8.11. The van der Waals surface area contributed by atoms with E-state index in [1.807, 2.05) is 43.3 Å². The minimum absolute atomic E-state index is 0.175. The Balaban J connectivity index is 1.52. The first kappa shape index (κ1) is 20.9. The number of pyridine rings is 2. The first-order chi connectivity index (χ1) is 16.1. The molecule has 168 valence electrons. The number of rotatable bonds is 7. The monoisotopic (exact) mass is 443 g/mol. The van der Waals surface area contributed by atoms with Crippen LogP contribution in [0.1, 0.15) is 46.1 Å². The fourth-order valence-electron chi connectivity index (χ4n) is 3.98. The standard InChI is InChI=1S/C25H25N5O3/c1-15-23-19(25(31)27-14-17-9-10-18(32-2)12-21(17)33-3)13-20(16-7-8-16)28-24(23)30(29-15)22-6-4-5-11-26-22/h4-6,9-13,16H,7-8,14H2,1-3H3,(H,27,31). The van der Waals surface area contributed by atoms with Crippen LogP contribution in [0.3, 0.4) is 0 Å². The van der Waals surface area contributed by atoms with Gasteiger partial charge >= 0.3 is 0 Å². The zero-order valence-corrected chi connectivity index (χ0v) is 18.8. The van der Waals surface area contributed by atoms with E-state index in [0.717, 1.165) is 35.2 Å². The summed E-state index contributed by atoms with van der Waals surface area (Å²) in [5.41, 5.74) is 3.75. The molecule has 1 amide bonds. The van der Waals surface area contributed by atoms with Crippen LogP contribution in [0, 0.1) is 6.92 Å². The van der Waals surface area contributed by atoms with Gasteiger partial charge in [0.05, 0.1) is 30.9 Å². The third-order valence-electron chi connectivity index (χ3n) is 5.87. The summed E-state index contributed by atoms with van der Waals surface area (Å²) in [7, 11) is 3.21. The summed E-state index contributed by atoms with van der Waals surface area (Å²) in [5, 5.41) is 8.45. The summed E-state index contributed by atoms with van der Waals surface area (Å²) < 4.78 is 12.4. The number of hydrogen-bond acceptors (Lipinski definition) is 6. The van der Waals surface area contributed by atoms with Crippen molar-refractivity contribution in [3.05, 3.63) is 71.2 Å². The van der Waals surface area contributed by atoms with Crippen molar-refractivity contribution in [2.75, 3.05) is 14.2 Å². The molecule has 1 aromatic carbocycles. The molecule has 1 fully saturated rings. The third kappa shape index (κ3) is 4.00. The number of aryl methyl sites for hydroxylation is 1. The average Bonchev–Trinajstić information content (AvgIpc) is 3.66. The molecule has 0 unspecified atom stereocenters. The minimum Gasteiger partial charge on any atom is -0.497 e. The highest BCUT2D eigenvalue weighted by Gasteiger charge is 2.29. The van der Waals surface area contributed by atoms with E-state index in [1.165, 1.54) is 0 Å². The molecular weight excluding hydrogens is 418 g/mol. The van der Waals surface area contributed by atoms with Gasteiger partial charge in [0.25, 0.3) is 5.91 Å². The Bertz CT molecular complexity index is 1330. The lowest BCUT2D eigenvalue weighted by molar-refractivity contribution is 0.0952. The largest absolute Gasteiger partial charge is 0.497 e. The highest BCUT2D eigenvalue weighted by atomic mass is 16.5. The van der Waals surface area contributed by atoms with Crippen LogP contribution < -0.4 is 14.8 Å². The Morgan fingerprint density at radius 2 is 2.00 bits per heavy atom. The van der Waals surface area contributed by atoms with Crippen LogP contribution in [0.2, 0.25) is 0 Å². The number of fused-ring (bicyclic) bond motifs is 1. The lowest BCUT2D eigenvalue weighted by atomic mass is 10.1. The molecule has 8 heteroatoms. The molecule has 3 heterocycles. The van der Waals surface area contributed by atoms with Crippen LogP contribution in [0.5, 0.6) is 11.5 Å². The predicted molar refractivity (Wildman–Crippen MR) is 124 cm³/mol. The quantitative estimate of drug-likeness (QED) is 0.465. The first-order valence-electron chi connectivity index (χ1n) is 10.9. The molecule has 1 N–H and O–H groups in total. The number of benzene rings is 1. The number of hydrogen-bond donors (Lipinski definition) is 1. The van der Waals surface area contributed by atoms with Gasteiger partial charge in [-0.3, -0.25) is 4.79 Å². The molecule has 0 saturated heterocycles. The second kappa shape index (κ2) is 8.54. The smallest absolute Gasteiger partial charge is 0.252 e. The summed E-state index contributed by atoms with van der Waals surface area (Å²) >= 11 is 0. The molecule has 0 atom stereocenters. The fraction of sp³-hybridized carbons (Fsp3) is 0.280. The molecule has 0 spiro atoms. The van der Waals surface area contributed by atoms with Crippen molar-refractivity contribution in [2.45, 2.75) is 32.2 Å². The summed E-state index contributed by atoms with van der Waals surface area (Å²) in [5.74, 6) is 2.24. The zero-order valence-electron chi connectivity index (χ0n) is 18.8. The minimum atomic E-state index is -0.175. The fourth-order valence-corrected chi connectivity index (χ4v) is 3.98. The molecule has 5 rings (SSSR count). The summed E-state index contributed by atoms with van der Waals surface area (Å²) in [6, 6.07) is 13.1. The average molecular weight is 444 g/mol. The van der Waals surface area contributed by atoms with Gasteiger partial charge in [0.15, 0.2) is 11.5 Å².